The van der Waals surface area contributed by atoms with Crippen LogP contribution >= 0.6 is 34.8 Å². The Hall–Kier alpha value is -1.42. The summed E-state index contributed by atoms with van der Waals surface area (Å²) in [6.45, 7) is 1.96. The highest BCUT2D eigenvalue weighted by Gasteiger charge is 2.17. The van der Waals surface area contributed by atoms with Crippen LogP contribution in [0.25, 0.3) is 0 Å². The smallest absolute Gasteiger partial charge is 0.257 e. The summed E-state index contributed by atoms with van der Waals surface area (Å²) in [6.07, 6.45) is 4.79. The second kappa shape index (κ2) is 8.31. The highest BCUT2D eigenvalue weighted by molar-refractivity contribution is 6.37. The first-order valence-corrected chi connectivity index (χ1v) is 9.49. The van der Waals surface area contributed by atoms with E-state index in [1.54, 1.807) is 24.3 Å². The Morgan fingerprint density at radius 3 is 2.20 bits per heavy atom. The zero-order valence-electron chi connectivity index (χ0n) is 13.7. The van der Waals surface area contributed by atoms with E-state index >= 15 is 0 Å². The van der Waals surface area contributed by atoms with Crippen LogP contribution in [0.2, 0.25) is 15.1 Å². The lowest BCUT2D eigenvalue weighted by atomic mass is 10.2. The van der Waals surface area contributed by atoms with Gasteiger partial charge in [-0.3, -0.25) is 4.79 Å². The number of nitrogens with zero attached hydrogens (tertiary/aromatic N) is 1. The SMILES string of the molecule is O=C(Nc1cc(Cl)ccc1N1CCCCCC1)c1ccc(Cl)cc1Cl. The predicted octanol–water partition coefficient (Wildman–Crippen LogP) is 6.28. The van der Waals surface area contributed by atoms with Crippen LogP contribution in [0.1, 0.15) is 36.0 Å². The number of carbonyl (C=O) groups excluding carboxylic acids is 1. The molecular formula is C19H19Cl3N2O. The Bertz CT molecular complexity index is 771. The van der Waals surface area contributed by atoms with E-state index in [1.165, 1.54) is 12.8 Å². The molecule has 1 aliphatic heterocycles. The fourth-order valence-electron chi connectivity index (χ4n) is 3.06. The zero-order chi connectivity index (χ0) is 17.8. The van der Waals surface area contributed by atoms with Gasteiger partial charge in [0.2, 0.25) is 0 Å². The molecule has 0 unspecified atom stereocenters. The molecule has 0 bridgehead atoms. The van der Waals surface area contributed by atoms with Crippen LogP contribution in [-0.2, 0) is 0 Å². The van der Waals surface area contributed by atoms with E-state index in [9.17, 15) is 4.79 Å². The van der Waals surface area contributed by atoms with E-state index in [4.69, 9.17) is 34.8 Å². The van der Waals surface area contributed by atoms with Crippen LogP contribution in [0.5, 0.6) is 0 Å². The summed E-state index contributed by atoms with van der Waals surface area (Å²) >= 11 is 18.2. The molecule has 0 atom stereocenters. The first-order chi connectivity index (χ1) is 12.0. The van der Waals surface area contributed by atoms with Gasteiger partial charge in [0.05, 0.1) is 22.0 Å². The molecule has 3 nitrogen and oxygen atoms in total. The molecule has 0 radical (unpaired) electrons. The Balaban J connectivity index is 1.88. The van der Waals surface area contributed by atoms with E-state index in [0.717, 1.165) is 31.6 Å². The molecule has 0 aromatic heterocycles. The summed E-state index contributed by atoms with van der Waals surface area (Å²) < 4.78 is 0. The van der Waals surface area contributed by atoms with Crippen molar-refractivity contribution in [2.75, 3.05) is 23.3 Å². The largest absolute Gasteiger partial charge is 0.370 e. The Morgan fingerprint density at radius 1 is 0.880 bits per heavy atom. The maximum Gasteiger partial charge on any atom is 0.257 e. The van der Waals surface area contributed by atoms with Gasteiger partial charge in [0.1, 0.15) is 0 Å². The van der Waals surface area contributed by atoms with Crippen molar-refractivity contribution in [3.05, 3.63) is 57.0 Å². The molecule has 132 valence electrons. The summed E-state index contributed by atoms with van der Waals surface area (Å²) in [7, 11) is 0. The first kappa shape index (κ1) is 18.4. The molecule has 1 fully saturated rings. The van der Waals surface area contributed by atoms with Crippen molar-refractivity contribution in [1.29, 1.82) is 0 Å². The summed E-state index contributed by atoms with van der Waals surface area (Å²) in [5.41, 5.74) is 2.07. The minimum absolute atomic E-state index is 0.278. The lowest BCUT2D eigenvalue weighted by Gasteiger charge is -2.25. The standard InChI is InChI=1S/C19H19Cl3N2O/c20-13-5-7-15(16(22)11-13)19(25)23-17-12-14(21)6-8-18(17)24-9-3-1-2-4-10-24/h5-8,11-12H,1-4,9-10H2,(H,23,25). The van der Waals surface area contributed by atoms with Gasteiger partial charge >= 0.3 is 0 Å². The molecule has 0 aliphatic carbocycles. The number of rotatable bonds is 3. The van der Waals surface area contributed by atoms with E-state index in [2.05, 4.69) is 10.2 Å². The van der Waals surface area contributed by atoms with Crippen LogP contribution in [0.3, 0.4) is 0 Å². The Kier molecular flexibility index (Phi) is 6.10. The minimum Gasteiger partial charge on any atom is -0.370 e. The fraction of sp³-hybridized carbons (Fsp3) is 0.316. The number of hydrogen-bond acceptors (Lipinski definition) is 2. The summed E-state index contributed by atoms with van der Waals surface area (Å²) in [4.78, 5) is 15.0. The molecule has 1 heterocycles. The maximum absolute atomic E-state index is 12.7. The third-order valence-corrected chi connectivity index (χ3v) is 5.11. The maximum atomic E-state index is 12.7. The number of carbonyl (C=O) groups is 1. The van der Waals surface area contributed by atoms with Crippen LogP contribution in [0.4, 0.5) is 11.4 Å². The first-order valence-electron chi connectivity index (χ1n) is 8.35. The average Bonchev–Trinajstić information content (AvgIpc) is 2.84. The van der Waals surface area contributed by atoms with Gasteiger partial charge in [-0.1, -0.05) is 47.6 Å². The predicted molar refractivity (Wildman–Crippen MR) is 107 cm³/mol. The molecule has 0 spiro atoms. The van der Waals surface area contributed by atoms with Crippen LogP contribution in [0, 0.1) is 0 Å². The van der Waals surface area contributed by atoms with Crippen molar-refractivity contribution in [1.82, 2.24) is 0 Å². The van der Waals surface area contributed by atoms with E-state index in [0.29, 0.717) is 26.3 Å². The third-order valence-electron chi connectivity index (χ3n) is 4.33. The molecule has 2 aromatic rings. The molecule has 1 saturated heterocycles. The molecule has 3 rings (SSSR count). The number of amides is 1. The Morgan fingerprint density at radius 2 is 1.52 bits per heavy atom. The Labute approximate surface area is 162 Å². The topological polar surface area (TPSA) is 32.3 Å². The zero-order valence-corrected chi connectivity index (χ0v) is 16.0. The van der Waals surface area contributed by atoms with Crippen molar-refractivity contribution in [3.63, 3.8) is 0 Å². The molecule has 0 saturated carbocycles. The van der Waals surface area contributed by atoms with Gasteiger partial charge in [0.25, 0.3) is 5.91 Å². The van der Waals surface area contributed by atoms with Crippen molar-refractivity contribution < 1.29 is 4.79 Å². The van der Waals surface area contributed by atoms with Gasteiger partial charge in [-0.2, -0.15) is 0 Å². The summed E-state index contributed by atoms with van der Waals surface area (Å²) in [6, 6.07) is 10.4. The van der Waals surface area contributed by atoms with E-state index < -0.39 is 0 Å². The fourth-order valence-corrected chi connectivity index (χ4v) is 3.73. The van der Waals surface area contributed by atoms with Crippen LogP contribution in [-0.4, -0.2) is 19.0 Å². The number of hydrogen-bond donors (Lipinski definition) is 1. The lowest BCUT2D eigenvalue weighted by Crippen LogP contribution is -2.25. The van der Waals surface area contributed by atoms with Gasteiger partial charge in [0.15, 0.2) is 0 Å². The molecule has 1 N–H and O–H groups in total. The van der Waals surface area contributed by atoms with Gasteiger partial charge in [0, 0.05) is 23.1 Å². The monoisotopic (exact) mass is 396 g/mol. The van der Waals surface area contributed by atoms with Gasteiger partial charge in [-0.15, -0.1) is 0 Å². The molecule has 1 amide bonds. The highest BCUT2D eigenvalue weighted by atomic mass is 35.5. The third kappa shape index (κ3) is 4.60. The second-order valence-electron chi connectivity index (χ2n) is 6.14. The summed E-state index contributed by atoms with van der Waals surface area (Å²) in [5.74, 6) is -0.278. The second-order valence-corrected chi connectivity index (χ2v) is 7.42. The number of benzene rings is 2. The number of nitrogens with one attached hydrogen (secondary N) is 1. The van der Waals surface area contributed by atoms with Gasteiger partial charge in [-0.05, 0) is 49.2 Å². The van der Waals surface area contributed by atoms with E-state index in [-0.39, 0.29) is 5.91 Å². The van der Waals surface area contributed by atoms with Crippen molar-refractivity contribution in [2.24, 2.45) is 0 Å². The average molecular weight is 398 g/mol. The minimum atomic E-state index is -0.278. The molecule has 1 aliphatic rings. The lowest BCUT2D eigenvalue weighted by molar-refractivity contribution is 0.102. The molecule has 2 aromatic carbocycles. The summed E-state index contributed by atoms with van der Waals surface area (Å²) in [5, 5.41) is 4.35. The van der Waals surface area contributed by atoms with Crippen LogP contribution in [0.15, 0.2) is 36.4 Å². The molecule has 6 heteroatoms. The molecular weight excluding hydrogens is 379 g/mol. The van der Waals surface area contributed by atoms with Gasteiger partial charge < -0.3 is 10.2 Å². The van der Waals surface area contributed by atoms with Crippen molar-refractivity contribution >= 4 is 52.1 Å². The molecule has 25 heavy (non-hydrogen) atoms. The number of anilines is 2. The van der Waals surface area contributed by atoms with Crippen molar-refractivity contribution in [3.8, 4) is 0 Å². The normalized spacial score (nSPS) is 14.9. The van der Waals surface area contributed by atoms with Gasteiger partial charge in [-0.25, -0.2) is 0 Å². The van der Waals surface area contributed by atoms with Crippen molar-refractivity contribution in [2.45, 2.75) is 25.7 Å². The highest BCUT2D eigenvalue weighted by Crippen LogP contribution is 2.32. The van der Waals surface area contributed by atoms with E-state index in [1.807, 2.05) is 12.1 Å². The number of halogens is 3. The van der Waals surface area contributed by atoms with Crippen LogP contribution < -0.4 is 10.2 Å². The quantitative estimate of drug-likeness (QED) is 0.661.